The Hall–Kier alpha value is 1.05. The van der Waals surface area contributed by atoms with Crippen LogP contribution >= 0.6 is 37.0 Å². The minimum Gasteiger partial charge on any atom is -0.179 e. The summed E-state index contributed by atoms with van der Waals surface area (Å²) in [5, 5.41) is 0.528. The molecule has 0 radical (unpaired) electrons. The molecule has 1 unspecified atom stereocenters. The van der Waals surface area contributed by atoms with Crippen molar-refractivity contribution in [2.45, 2.75) is 12.2 Å². The molecule has 0 aromatic carbocycles. The van der Waals surface area contributed by atoms with Gasteiger partial charge in [-0.2, -0.15) is 37.0 Å². The molecular weight excluding hydrogens is 156 g/mol. The number of hydrogen-bond acceptors (Lipinski definition) is 3. The number of thiol groups is 2. The van der Waals surface area contributed by atoms with Gasteiger partial charge in [-0.3, -0.25) is 0 Å². The molecule has 1 atom stereocenters. The molecule has 0 bridgehead atoms. The van der Waals surface area contributed by atoms with Crippen LogP contribution in [0, 0.1) is 0 Å². The van der Waals surface area contributed by atoms with E-state index in [0.29, 0.717) is 5.25 Å². The van der Waals surface area contributed by atoms with Crippen molar-refractivity contribution >= 4 is 37.0 Å². The maximum absolute atomic E-state index is 4.23. The molecule has 0 fully saturated rings. The lowest BCUT2D eigenvalue weighted by molar-refractivity contribution is 1.14. The summed E-state index contributed by atoms with van der Waals surface area (Å²) in [5.41, 5.74) is 0. The van der Waals surface area contributed by atoms with Crippen molar-refractivity contribution in [2.24, 2.45) is 0 Å². The van der Waals surface area contributed by atoms with Crippen LogP contribution in [0.2, 0.25) is 0 Å². The quantitative estimate of drug-likeness (QED) is 0.478. The Morgan fingerprint density at radius 2 is 2.25 bits per heavy atom. The second-order valence-electron chi connectivity index (χ2n) is 1.65. The first-order chi connectivity index (χ1) is 3.77. The van der Waals surface area contributed by atoms with Gasteiger partial charge in [0.1, 0.15) is 0 Å². The molecule has 0 aliphatic carbocycles. The summed E-state index contributed by atoms with van der Waals surface area (Å²) < 4.78 is 0. The van der Waals surface area contributed by atoms with Crippen LogP contribution in [0.15, 0.2) is 0 Å². The van der Waals surface area contributed by atoms with Crippen LogP contribution < -0.4 is 0 Å². The first-order valence-electron chi connectivity index (χ1n) is 2.64. The summed E-state index contributed by atoms with van der Waals surface area (Å²) >= 11 is 10.2. The molecule has 3 heteroatoms. The minimum absolute atomic E-state index is 0.528. The second kappa shape index (κ2) is 6.17. The van der Waals surface area contributed by atoms with Crippen molar-refractivity contribution in [1.82, 2.24) is 0 Å². The monoisotopic (exact) mass is 168 g/mol. The van der Waals surface area contributed by atoms with Crippen LogP contribution in [-0.2, 0) is 0 Å². The summed E-state index contributed by atoms with van der Waals surface area (Å²) in [5.74, 6) is 3.27. The predicted molar refractivity (Wildman–Crippen MR) is 49.6 cm³/mol. The standard InChI is InChI=1S/C5H12S3/c1-5(7)4-8-3-2-6/h5-7H,2-4H2,1H3. The molecule has 50 valence electrons. The molecule has 0 N–H and O–H groups in total. The average Bonchev–Trinajstić information content (AvgIpc) is 1.66. The molecule has 0 aliphatic heterocycles. The van der Waals surface area contributed by atoms with Gasteiger partial charge in [-0.25, -0.2) is 0 Å². The molecule has 0 aromatic heterocycles. The molecule has 0 nitrogen and oxygen atoms in total. The van der Waals surface area contributed by atoms with E-state index in [-0.39, 0.29) is 0 Å². The molecule has 0 aromatic rings. The first-order valence-corrected chi connectivity index (χ1v) is 4.94. The minimum atomic E-state index is 0.528. The Labute approximate surface area is 66.6 Å². The van der Waals surface area contributed by atoms with E-state index in [4.69, 9.17) is 0 Å². The Balaban J connectivity index is 2.72. The van der Waals surface area contributed by atoms with Gasteiger partial charge in [0.2, 0.25) is 0 Å². The largest absolute Gasteiger partial charge is 0.179 e. The van der Waals surface area contributed by atoms with Crippen molar-refractivity contribution in [2.75, 3.05) is 17.3 Å². The van der Waals surface area contributed by atoms with Crippen LogP contribution in [0.3, 0.4) is 0 Å². The van der Waals surface area contributed by atoms with Gasteiger partial charge < -0.3 is 0 Å². The van der Waals surface area contributed by atoms with E-state index in [1.807, 2.05) is 11.8 Å². The fourth-order valence-electron chi connectivity index (χ4n) is 0.318. The zero-order valence-corrected chi connectivity index (χ0v) is 7.61. The van der Waals surface area contributed by atoms with Crippen molar-refractivity contribution in [1.29, 1.82) is 0 Å². The lowest BCUT2D eigenvalue weighted by Gasteiger charge is -1.99. The van der Waals surface area contributed by atoms with Gasteiger partial charge in [0.25, 0.3) is 0 Å². The number of thioether (sulfide) groups is 1. The highest BCUT2D eigenvalue weighted by Crippen LogP contribution is 2.06. The number of rotatable bonds is 4. The highest BCUT2D eigenvalue weighted by atomic mass is 32.2. The van der Waals surface area contributed by atoms with Crippen molar-refractivity contribution < 1.29 is 0 Å². The lowest BCUT2D eigenvalue weighted by Crippen LogP contribution is -1.95. The van der Waals surface area contributed by atoms with Crippen molar-refractivity contribution in [3.05, 3.63) is 0 Å². The predicted octanol–water partition coefficient (Wildman–Crippen LogP) is 1.97. The van der Waals surface area contributed by atoms with Crippen molar-refractivity contribution in [3.8, 4) is 0 Å². The van der Waals surface area contributed by atoms with Crippen molar-refractivity contribution in [3.63, 3.8) is 0 Å². The Bertz CT molecular complexity index is 44.9. The van der Waals surface area contributed by atoms with E-state index in [0.717, 1.165) is 17.3 Å². The molecule has 0 rings (SSSR count). The third-order valence-electron chi connectivity index (χ3n) is 0.595. The fourth-order valence-corrected chi connectivity index (χ4v) is 1.66. The SMILES string of the molecule is CC(S)CSCCS. The Morgan fingerprint density at radius 3 is 2.62 bits per heavy atom. The normalized spacial score (nSPS) is 13.9. The molecule has 8 heavy (non-hydrogen) atoms. The second-order valence-corrected chi connectivity index (χ2v) is 4.13. The van der Waals surface area contributed by atoms with Crippen LogP contribution in [0.1, 0.15) is 6.92 Å². The van der Waals surface area contributed by atoms with Crippen LogP contribution in [-0.4, -0.2) is 22.5 Å². The molecule has 0 saturated heterocycles. The molecule has 0 aliphatic rings. The van der Waals surface area contributed by atoms with Crippen LogP contribution in [0.4, 0.5) is 0 Å². The van der Waals surface area contributed by atoms with E-state index in [1.54, 1.807) is 0 Å². The van der Waals surface area contributed by atoms with Crippen LogP contribution in [0.25, 0.3) is 0 Å². The molecule has 0 amide bonds. The molecule has 0 spiro atoms. The summed E-state index contributed by atoms with van der Waals surface area (Å²) in [6.45, 7) is 2.11. The number of hydrogen-bond donors (Lipinski definition) is 2. The van der Waals surface area contributed by atoms with E-state index < -0.39 is 0 Å². The topological polar surface area (TPSA) is 0 Å². The Morgan fingerprint density at radius 1 is 1.62 bits per heavy atom. The maximum Gasteiger partial charge on any atom is 0.00791 e. The maximum atomic E-state index is 4.23. The fraction of sp³-hybridized carbons (Fsp3) is 1.00. The van der Waals surface area contributed by atoms with Gasteiger partial charge in [-0.05, 0) is 5.75 Å². The van der Waals surface area contributed by atoms with Crippen LogP contribution in [0.5, 0.6) is 0 Å². The zero-order valence-electron chi connectivity index (χ0n) is 5.00. The Kier molecular flexibility index (Phi) is 6.98. The van der Waals surface area contributed by atoms with E-state index in [9.17, 15) is 0 Å². The molecule has 0 saturated carbocycles. The summed E-state index contributed by atoms with van der Waals surface area (Å²) in [6, 6.07) is 0. The average molecular weight is 168 g/mol. The van der Waals surface area contributed by atoms with Gasteiger partial charge >= 0.3 is 0 Å². The van der Waals surface area contributed by atoms with Gasteiger partial charge in [-0.15, -0.1) is 0 Å². The first kappa shape index (κ1) is 9.05. The van der Waals surface area contributed by atoms with E-state index in [1.165, 1.54) is 0 Å². The zero-order chi connectivity index (χ0) is 6.41. The van der Waals surface area contributed by atoms with Gasteiger partial charge in [0.15, 0.2) is 0 Å². The van der Waals surface area contributed by atoms with Gasteiger partial charge in [-0.1, -0.05) is 6.92 Å². The molecular formula is C5H12S3. The van der Waals surface area contributed by atoms with Gasteiger partial charge in [0.05, 0.1) is 0 Å². The highest BCUT2D eigenvalue weighted by Gasteiger charge is 1.91. The third-order valence-corrected chi connectivity index (χ3v) is 2.78. The summed E-state index contributed by atoms with van der Waals surface area (Å²) in [4.78, 5) is 0. The smallest absolute Gasteiger partial charge is 0.00791 e. The summed E-state index contributed by atoms with van der Waals surface area (Å²) in [6.07, 6.45) is 0. The van der Waals surface area contributed by atoms with E-state index in [2.05, 4.69) is 32.2 Å². The van der Waals surface area contributed by atoms with Gasteiger partial charge in [0, 0.05) is 16.8 Å². The third kappa shape index (κ3) is 7.05. The molecule has 0 heterocycles. The summed E-state index contributed by atoms with van der Waals surface area (Å²) in [7, 11) is 0. The highest BCUT2D eigenvalue weighted by molar-refractivity contribution is 8.00. The lowest BCUT2D eigenvalue weighted by atomic mass is 10.6. The van der Waals surface area contributed by atoms with E-state index >= 15 is 0 Å².